The van der Waals surface area contributed by atoms with Gasteiger partial charge in [-0.1, -0.05) is 78.4 Å². The number of aryl methyl sites for hydroxylation is 2. The number of benzene rings is 3. The molecule has 140 valence electrons. The molecular weight excluding hydrogens is 330 g/mol. The van der Waals surface area contributed by atoms with Crippen LogP contribution in [0.4, 0.5) is 0 Å². The number of quaternary nitrogens is 1. The molecule has 0 saturated heterocycles. The molecule has 3 aromatic carbocycles. The molecule has 0 aliphatic carbocycles. The predicted octanol–water partition coefficient (Wildman–Crippen LogP) is 3.79. The van der Waals surface area contributed by atoms with Gasteiger partial charge < -0.3 is 10.0 Å². The fourth-order valence-electron chi connectivity index (χ4n) is 3.87. The molecular formula is C25H30NO+. The van der Waals surface area contributed by atoms with Crippen molar-refractivity contribution in [3.8, 4) is 0 Å². The van der Waals surface area contributed by atoms with E-state index in [9.17, 15) is 5.11 Å². The van der Waals surface area contributed by atoms with Gasteiger partial charge in [-0.2, -0.15) is 0 Å². The Balaban J connectivity index is 2.34. The van der Waals surface area contributed by atoms with Crippen LogP contribution in [-0.2, 0) is 5.60 Å². The van der Waals surface area contributed by atoms with E-state index >= 15 is 0 Å². The van der Waals surface area contributed by atoms with E-state index in [1.807, 2.05) is 36.4 Å². The molecule has 0 aliphatic heterocycles. The van der Waals surface area contributed by atoms with Crippen molar-refractivity contribution in [2.24, 2.45) is 0 Å². The van der Waals surface area contributed by atoms with Crippen LogP contribution in [0.15, 0.2) is 72.8 Å². The minimum atomic E-state index is -1.20. The van der Waals surface area contributed by atoms with Crippen LogP contribution in [0.1, 0.15) is 46.3 Å². The highest BCUT2D eigenvalue weighted by molar-refractivity contribution is 5.53. The van der Waals surface area contributed by atoms with E-state index in [0.29, 0.717) is 0 Å². The van der Waals surface area contributed by atoms with Crippen molar-refractivity contribution in [2.75, 3.05) is 14.1 Å². The molecule has 0 amide bonds. The van der Waals surface area contributed by atoms with Gasteiger partial charge in [-0.05, 0) is 37.5 Å². The van der Waals surface area contributed by atoms with Crippen molar-refractivity contribution >= 4 is 0 Å². The van der Waals surface area contributed by atoms with Crippen LogP contribution in [0.25, 0.3) is 0 Å². The molecule has 0 radical (unpaired) electrons. The third-order valence-corrected chi connectivity index (χ3v) is 5.65. The standard InChI is InChI=1S/C25H29NO/c1-18-15-16-23(19(2)17-18)25(27,21-11-7-6-8-12-21)24-14-10-9-13-22(24)20(3)26(4)5/h6-17,20,27H,1-5H3/p+1/t20-,25-/m0/s1. The molecule has 2 nitrogen and oxygen atoms in total. The summed E-state index contributed by atoms with van der Waals surface area (Å²) in [7, 11) is 4.31. The van der Waals surface area contributed by atoms with Gasteiger partial charge in [0.15, 0.2) is 0 Å². The first kappa shape index (κ1) is 19.3. The van der Waals surface area contributed by atoms with Gasteiger partial charge in [-0.3, -0.25) is 0 Å². The molecule has 27 heavy (non-hydrogen) atoms. The van der Waals surface area contributed by atoms with Gasteiger partial charge in [0.2, 0.25) is 0 Å². The molecule has 0 spiro atoms. The molecule has 0 aliphatic rings. The fourth-order valence-corrected chi connectivity index (χ4v) is 3.87. The highest BCUT2D eigenvalue weighted by Gasteiger charge is 2.38. The number of nitrogens with one attached hydrogen (secondary N) is 1. The highest BCUT2D eigenvalue weighted by Crippen LogP contribution is 2.41. The minimum Gasteiger partial charge on any atom is -0.376 e. The lowest BCUT2D eigenvalue weighted by atomic mass is 9.75. The molecule has 2 atom stereocenters. The summed E-state index contributed by atoms with van der Waals surface area (Å²) in [6.45, 7) is 6.38. The lowest BCUT2D eigenvalue weighted by molar-refractivity contribution is -0.890. The Morgan fingerprint density at radius 1 is 0.815 bits per heavy atom. The Morgan fingerprint density at radius 2 is 1.44 bits per heavy atom. The highest BCUT2D eigenvalue weighted by atomic mass is 16.3. The second-order valence-electron chi connectivity index (χ2n) is 7.78. The van der Waals surface area contributed by atoms with Gasteiger partial charge in [0.25, 0.3) is 0 Å². The van der Waals surface area contributed by atoms with Crippen molar-refractivity contribution < 1.29 is 10.0 Å². The average Bonchev–Trinajstić information content (AvgIpc) is 2.67. The maximum absolute atomic E-state index is 12.3. The van der Waals surface area contributed by atoms with Crippen molar-refractivity contribution in [1.82, 2.24) is 0 Å². The summed E-state index contributed by atoms with van der Waals surface area (Å²) >= 11 is 0. The zero-order chi connectivity index (χ0) is 19.6. The van der Waals surface area contributed by atoms with Crippen LogP contribution >= 0.6 is 0 Å². The summed E-state index contributed by atoms with van der Waals surface area (Å²) in [5, 5.41) is 12.3. The maximum atomic E-state index is 12.3. The number of rotatable bonds is 5. The summed E-state index contributed by atoms with van der Waals surface area (Å²) in [6.07, 6.45) is 0. The Kier molecular flexibility index (Phi) is 5.50. The second kappa shape index (κ2) is 7.67. The Hall–Kier alpha value is -2.42. The van der Waals surface area contributed by atoms with E-state index in [2.05, 4.69) is 71.3 Å². The van der Waals surface area contributed by atoms with Crippen LogP contribution in [0, 0.1) is 13.8 Å². The topological polar surface area (TPSA) is 24.7 Å². The number of hydrogen-bond acceptors (Lipinski definition) is 1. The monoisotopic (exact) mass is 360 g/mol. The fraction of sp³-hybridized carbons (Fsp3) is 0.280. The van der Waals surface area contributed by atoms with Crippen LogP contribution in [0.5, 0.6) is 0 Å². The number of aliphatic hydroxyl groups is 1. The average molecular weight is 361 g/mol. The minimum absolute atomic E-state index is 0.266. The van der Waals surface area contributed by atoms with E-state index in [4.69, 9.17) is 0 Å². The molecule has 0 bridgehead atoms. The maximum Gasteiger partial charge on any atom is 0.141 e. The quantitative estimate of drug-likeness (QED) is 0.665. The molecule has 0 saturated carbocycles. The van der Waals surface area contributed by atoms with E-state index in [1.165, 1.54) is 16.0 Å². The first-order valence-corrected chi connectivity index (χ1v) is 9.60. The molecule has 3 rings (SSSR count). The van der Waals surface area contributed by atoms with E-state index in [1.54, 1.807) is 0 Å². The third kappa shape index (κ3) is 3.55. The largest absolute Gasteiger partial charge is 0.376 e. The molecule has 0 fully saturated rings. The van der Waals surface area contributed by atoms with Crippen LogP contribution < -0.4 is 4.90 Å². The van der Waals surface area contributed by atoms with E-state index < -0.39 is 5.60 Å². The van der Waals surface area contributed by atoms with Crippen LogP contribution in [0.3, 0.4) is 0 Å². The van der Waals surface area contributed by atoms with Gasteiger partial charge in [0, 0.05) is 11.1 Å². The summed E-state index contributed by atoms with van der Waals surface area (Å²) in [4.78, 5) is 1.33. The van der Waals surface area contributed by atoms with Gasteiger partial charge in [0.1, 0.15) is 11.6 Å². The van der Waals surface area contributed by atoms with Crippen molar-refractivity contribution in [2.45, 2.75) is 32.4 Å². The SMILES string of the molecule is Cc1ccc([C@@](O)(c2ccccc2)c2ccccc2[C@H](C)[NH+](C)C)c(C)c1. The lowest BCUT2D eigenvalue weighted by Crippen LogP contribution is -3.05. The molecule has 2 N–H and O–H groups in total. The Morgan fingerprint density at radius 3 is 2.07 bits per heavy atom. The van der Waals surface area contributed by atoms with Crippen LogP contribution in [0.2, 0.25) is 0 Å². The Labute approximate surface area is 163 Å². The number of hydrogen-bond donors (Lipinski definition) is 2. The summed E-state index contributed by atoms with van der Waals surface area (Å²) in [5.41, 5.74) is 5.06. The van der Waals surface area contributed by atoms with Gasteiger partial charge in [-0.25, -0.2) is 0 Å². The normalized spacial score (nSPS) is 14.8. The zero-order valence-corrected chi connectivity index (χ0v) is 17.0. The first-order chi connectivity index (χ1) is 12.9. The molecule has 3 aromatic rings. The molecule has 0 aromatic heterocycles. The molecule has 0 unspecified atom stereocenters. The van der Waals surface area contributed by atoms with Gasteiger partial charge >= 0.3 is 0 Å². The van der Waals surface area contributed by atoms with Gasteiger partial charge in [0.05, 0.1) is 14.1 Å². The van der Waals surface area contributed by atoms with Crippen molar-refractivity contribution in [3.05, 3.63) is 106 Å². The summed E-state index contributed by atoms with van der Waals surface area (Å²) < 4.78 is 0. The third-order valence-electron chi connectivity index (χ3n) is 5.65. The molecule has 0 heterocycles. The van der Waals surface area contributed by atoms with Gasteiger partial charge in [-0.15, -0.1) is 0 Å². The van der Waals surface area contributed by atoms with Crippen molar-refractivity contribution in [1.29, 1.82) is 0 Å². The smallest absolute Gasteiger partial charge is 0.141 e. The lowest BCUT2D eigenvalue weighted by Gasteiger charge is -2.34. The van der Waals surface area contributed by atoms with Crippen molar-refractivity contribution in [3.63, 3.8) is 0 Å². The zero-order valence-electron chi connectivity index (χ0n) is 17.0. The van der Waals surface area contributed by atoms with E-state index in [-0.39, 0.29) is 6.04 Å². The summed E-state index contributed by atoms with van der Waals surface area (Å²) in [5.74, 6) is 0. The first-order valence-electron chi connectivity index (χ1n) is 9.60. The Bertz CT molecular complexity index is 917. The predicted molar refractivity (Wildman–Crippen MR) is 112 cm³/mol. The van der Waals surface area contributed by atoms with E-state index in [0.717, 1.165) is 22.3 Å². The second-order valence-corrected chi connectivity index (χ2v) is 7.78. The van der Waals surface area contributed by atoms with Crippen LogP contribution in [-0.4, -0.2) is 19.2 Å². The summed E-state index contributed by atoms with van der Waals surface area (Å²) in [6, 6.07) is 24.9. The molecule has 2 heteroatoms.